The van der Waals surface area contributed by atoms with Gasteiger partial charge in [-0.2, -0.15) is 0 Å². The van der Waals surface area contributed by atoms with Crippen molar-refractivity contribution in [1.29, 1.82) is 0 Å². The highest BCUT2D eigenvalue weighted by Crippen LogP contribution is 2.19. The maximum absolute atomic E-state index is 12.9. The number of carboxylic acid groups (broad SMARTS) is 1. The van der Waals surface area contributed by atoms with E-state index in [1.165, 1.54) is 270 Å². The Kier molecular flexibility index (Phi) is 65.0. The lowest BCUT2D eigenvalue weighted by molar-refractivity contribution is -0.870. The van der Waals surface area contributed by atoms with Gasteiger partial charge in [-0.05, 0) is 51.4 Å². The molecule has 0 aromatic carbocycles. The van der Waals surface area contributed by atoms with Crippen LogP contribution < -0.4 is 0 Å². The van der Waals surface area contributed by atoms with Crippen molar-refractivity contribution in [2.45, 2.75) is 373 Å². The number of hydrogen-bond acceptors (Lipinski definition) is 7. The summed E-state index contributed by atoms with van der Waals surface area (Å²) in [5.74, 6) is -1.98. The first-order valence-electron chi connectivity index (χ1n) is 36.8. The van der Waals surface area contributed by atoms with Gasteiger partial charge in [0.15, 0.2) is 6.10 Å². The van der Waals surface area contributed by atoms with Crippen LogP contribution in [0.5, 0.6) is 0 Å². The van der Waals surface area contributed by atoms with Crippen LogP contribution in [0.3, 0.4) is 0 Å². The third-order valence-electron chi connectivity index (χ3n) is 16.6. The molecule has 0 aliphatic heterocycles. The quantitative estimate of drug-likeness (QED) is 0.0211. The molecule has 0 aromatic heterocycles. The fourth-order valence-electron chi connectivity index (χ4n) is 11.0. The van der Waals surface area contributed by atoms with E-state index in [-0.39, 0.29) is 32.2 Å². The second-order valence-corrected chi connectivity index (χ2v) is 26.2. The lowest BCUT2D eigenvalue weighted by atomic mass is 10.0. The zero-order valence-electron chi connectivity index (χ0n) is 57.0. The highest BCUT2D eigenvalue weighted by molar-refractivity contribution is 5.71. The molecule has 0 radical (unpaired) electrons. The van der Waals surface area contributed by atoms with Gasteiger partial charge in [-0.25, -0.2) is 4.79 Å². The number of rotatable bonds is 69. The predicted molar refractivity (Wildman–Crippen MR) is 364 cm³/mol. The molecule has 0 aliphatic carbocycles. The zero-order chi connectivity index (χ0) is 61.9. The van der Waals surface area contributed by atoms with E-state index >= 15 is 0 Å². The molecule has 9 nitrogen and oxygen atoms in total. The lowest BCUT2D eigenvalue weighted by Crippen LogP contribution is -2.40. The van der Waals surface area contributed by atoms with E-state index < -0.39 is 24.3 Å². The minimum absolute atomic E-state index is 0.179. The number of aliphatic carboxylic acids is 1. The average molecular weight is 1200 g/mol. The van der Waals surface area contributed by atoms with Crippen molar-refractivity contribution in [2.75, 3.05) is 47.5 Å². The molecule has 0 bridgehead atoms. The number of likely N-dealkylation sites (N-methyl/N-ethyl adjacent to an activating group) is 1. The Morgan fingerprint density at radius 3 is 1.00 bits per heavy atom. The topological polar surface area (TPSA) is 108 Å². The van der Waals surface area contributed by atoms with E-state index in [2.05, 4.69) is 62.5 Å². The second-order valence-electron chi connectivity index (χ2n) is 26.2. The second kappa shape index (κ2) is 67.2. The normalized spacial score (nSPS) is 12.9. The van der Waals surface area contributed by atoms with Crippen molar-refractivity contribution in [2.24, 2.45) is 0 Å². The Labute approximate surface area is 527 Å². The van der Waals surface area contributed by atoms with Gasteiger partial charge >= 0.3 is 17.9 Å². The summed E-state index contributed by atoms with van der Waals surface area (Å²) in [7, 11) is 5.99. The molecule has 498 valence electrons. The standard InChI is InChI=1S/C76H141NO8/c1-6-8-10-12-14-16-18-20-22-24-26-28-30-32-33-34-35-36-37-38-39-40-41-43-44-46-48-50-52-54-56-58-60-62-64-66-73(78)83-70-72(71-84-76(75(80)81)82-69-68-77(3,4)5)85-74(79)67-65-63-61-59-57-55-53-51-49-47-45-42-31-29-27-25-23-21-19-17-15-13-11-9-7-2/h9,11,15,17,21,23,27,29,72,76H,6-8,10,12-14,16,18-20,22,24-26,28,30-71H2,1-5H3/p+1/b11-9-,17-15-,23-21-,29-27-. The molecule has 0 saturated carbocycles. The summed E-state index contributed by atoms with van der Waals surface area (Å²) in [5.41, 5.74) is 0. The van der Waals surface area contributed by atoms with E-state index in [4.69, 9.17) is 18.9 Å². The van der Waals surface area contributed by atoms with Crippen LogP contribution in [0, 0.1) is 0 Å². The maximum atomic E-state index is 12.9. The van der Waals surface area contributed by atoms with E-state index in [0.29, 0.717) is 17.4 Å². The van der Waals surface area contributed by atoms with Crippen LogP contribution in [-0.4, -0.2) is 87.4 Å². The van der Waals surface area contributed by atoms with Crippen LogP contribution in [0.2, 0.25) is 0 Å². The highest BCUT2D eigenvalue weighted by Gasteiger charge is 2.25. The van der Waals surface area contributed by atoms with Crippen LogP contribution >= 0.6 is 0 Å². The van der Waals surface area contributed by atoms with Gasteiger partial charge in [0.2, 0.25) is 0 Å². The number of unbranched alkanes of at least 4 members (excludes halogenated alkanes) is 46. The number of quaternary nitrogens is 1. The Balaban J connectivity index is 4.00. The lowest BCUT2D eigenvalue weighted by Gasteiger charge is -2.25. The van der Waals surface area contributed by atoms with E-state index in [0.717, 1.165) is 64.2 Å². The molecule has 1 N–H and O–H groups in total. The molecule has 85 heavy (non-hydrogen) atoms. The Bertz CT molecular complexity index is 1530. The summed E-state index contributed by atoms with van der Waals surface area (Å²) < 4.78 is 23.0. The number of carboxylic acids is 1. The predicted octanol–water partition coefficient (Wildman–Crippen LogP) is 22.9. The van der Waals surface area contributed by atoms with Crippen LogP contribution in [0.15, 0.2) is 48.6 Å². The van der Waals surface area contributed by atoms with Gasteiger partial charge in [-0.15, -0.1) is 0 Å². The van der Waals surface area contributed by atoms with Gasteiger partial charge in [0.25, 0.3) is 6.29 Å². The molecule has 0 aliphatic rings. The highest BCUT2D eigenvalue weighted by atomic mass is 16.7. The smallest absolute Gasteiger partial charge is 0.361 e. The van der Waals surface area contributed by atoms with Gasteiger partial charge in [-0.3, -0.25) is 9.59 Å². The number of ether oxygens (including phenoxy) is 4. The fourth-order valence-corrected chi connectivity index (χ4v) is 11.0. The fraction of sp³-hybridized carbons (Fsp3) is 0.855. The SMILES string of the molecule is CC/C=C\C/C=C\C/C=C\C/C=C\CCCCCCCCCCCCCCC(=O)OC(COC(=O)CCCCCCCCCCCCCCCCCCCCCCCCCCCCCCCCCCCCC)COC(OCC[N+](C)(C)C)C(=O)O. The van der Waals surface area contributed by atoms with Gasteiger partial charge < -0.3 is 28.5 Å². The Morgan fingerprint density at radius 1 is 0.365 bits per heavy atom. The van der Waals surface area contributed by atoms with Crippen LogP contribution in [0.25, 0.3) is 0 Å². The molecule has 0 spiro atoms. The van der Waals surface area contributed by atoms with E-state index in [1.807, 2.05) is 21.1 Å². The number of allylic oxidation sites excluding steroid dienone is 8. The summed E-state index contributed by atoms with van der Waals surface area (Å²) in [4.78, 5) is 37.6. The molecule has 0 rings (SSSR count). The largest absolute Gasteiger partial charge is 0.477 e. The van der Waals surface area contributed by atoms with Gasteiger partial charge in [0, 0.05) is 12.8 Å². The van der Waals surface area contributed by atoms with Crippen LogP contribution in [-0.2, 0) is 33.3 Å². The number of hydrogen-bond donors (Lipinski definition) is 1. The monoisotopic (exact) mass is 1200 g/mol. The molecular formula is C76H142NO8+. The molecule has 2 unspecified atom stereocenters. The molecule has 2 atom stereocenters. The number of carbonyl (C=O) groups is 3. The van der Waals surface area contributed by atoms with Crippen molar-refractivity contribution in [3.63, 3.8) is 0 Å². The maximum Gasteiger partial charge on any atom is 0.361 e. The van der Waals surface area contributed by atoms with Gasteiger partial charge in [0.05, 0.1) is 34.4 Å². The third-order valence-corrected chi connectivity index (χ3v) is 16.6. The molecule has 0 fully saturated rings. The number of esters is 2. The average Bonchev–Trinajstić information content (AvgIpc) is 3.49. The van der Waals surface area contributed by atoms with Crippen LogP contribution in [0.4, 0.5) is 0 Å². The zero-order valence-corrected chi connectivity index (χ0v) is 57.0. The molecular weight excluding hydrogens is 1050 g/mol. The first-order chi connectivity index (χ1) is 41.6. The Morgan fingerprint density at radius 2 is 0.671 bits per heavy atom. The van der Waals surface area contributed by atoms with Crippen LogP contribution in [0.1, 0.15) is 361 Å². The molecule has 0 amide bonds. The summed E-state index contributed by atoms with van der Waals surface area (Å²) in [5, 5.41) is 9.75. The molecule has 0 heterocycles. The van der Waals surface area contributed by atoms with Gasteiger partial charge in [0.1, 0.15) is 13.2 Å². The number of carbonyl (C=O) groups excluding carboxylic acids is 2. The summed E-state index contributed by atoms with van der Waals surface area (Å²) >= 11 is 0. The van der Waals surface area contributed by atoms with Crippen molar-refractivity contribution in [1.82, 2.24) is 0 Å². The van der Waals surface area contributed by atoms with Crippen molar-refractivity contribution >= 4 is 17.9 Å². The summed E-state index contributed by atoms with van der Waals surface area (Å²) in [6.07, 6.45) is 83.9. The minimum Gasteiger partial charge on any atom is -0.477 e. The first-order valence-corrected chi connectivity index (χ1v) is 36.8. The molecule has 0 saturated heterocycles. The van der Waals surface area contributed by atoms with E-state index in [9.17, 15) is 19.5 Å². The summed E-state index contributed by atoms with van der Waals surface area (Å²) in [6, 6.07) is 0. The van der Waals surface area contributed by atoms with Gasteiger partial charge in [-0.1, -0.05) is 345 Å². The minimum atomic E-state index is -1.51. The third kappa shape index (κ3) is 68.6. The Hall–Kier alpha value is -2.75. The van der Waals surface area contributed by atoms with Crippen molar-refractivity contribution < 1.29 is 42.9 Å². The summed E-state index contributed by atoms with van der Waals surface area (Å²) in [6.45, 7) is 4.83. The van der Waals surface area contributed by atoms with E-state index in [1.54, 1.807) is 0 Å². The van der Waals surface area contributed by atoms with Crippen molar-refractivity contribution in [3.05, 3.63) is 48.6 Å². The molecule has 0 aromatic rings. The first kappa shape index (κ1) is 82.2. The molecule has 9 heteroatoms. The van der Waals surface area contributed by atoms with Crippen molar-refractivity contribution in [3.8, 4) is 0 Å². The number of nitrogens with zero attached hydrogens (tertiary/aromatic N) is 1.